The summed E-state index contributed by atoms with van der Waals surface area (Å²) in [5, 5.41) is 12.5. The lowest BCUT2D eigenvalue weighted by Gasteiger charge is -2.36. The molecule has 1 atom stereocenters. The van der Waals surface area contributed by atoms with Gasteiger partial charge in [-0.1, -0.05) is 6.92 Å². The predicted molar refractivity (Wildman–Crippen MR) is 68.1 cm³/mol. The molecule has 0 aliphatic carbocycles. The number of aliphatic hydroxyl groups excluding tert-OH is 1. The first-order chi connectivity index (χ1) is 8.94. The molecular formula is C12H24F3N3O. The van der Waals surface area contributed by atoms with Gasteiger partial charge in [0.25, 0.3) is 0 Å². The molecule has 0 aromatic heterocycles. The Balaban J connectivity index is 2.25. The lowest BCUT2D eigenvalue weighted by molar-refractivity contribution is -0.149. The molecule has 2 N–H and O–H groups in total. The SMILES string of the molecule is CCCNC(CO)CN1CCN(CC(F)(F)F)CC1. The number of hydrogen-bond donors (Lipinski definition) is 2. The Morgan fingerprint density at radius 3 is 2.21 bits per heavy atom. The number of nitrogens with one attached hydrogen (secondary N) is 1. The van der Waals surface area contributed by atoms with Crippen molar-refractivity contribution in [1.29, 1.82) is 0 Å². The topological polar surface area (TPSA) is 38.7 Å². The maximum Gasteiger partial charge on any atom is 0.401 e. The molecule has 114 valence electrons. The van der Waals surface area contributed by atoms with Gasteiger partial charge in [0, 0.05) is 38.8 Å². The summed E-state index contributed by atoms with van der Waals surface area (Å²) in [7, 11) is 0. The average Bonchev–Trinajstić information content (AvgIpc) is 2.34. The van der Waals surface area contributed by atoms with Crippen LogP contribution in [0.1, 0.15) is 13.3 Å². The van der Waals surface area contributed by atoms with Crippen LogP contribution in [-0.4, -0.2) is 79.5 Å². The first-order valence-corrected chi connectivity index (χ1v) is 6.80. The minimum absolute atomic E-state index is 0.00844. The van der Waals surface area contributed by atoms with Gasteiger partial charge in [0.2, 0.25) is 0 Å². The van der Waals surface area contributed by atoms with Crippen LogP contribution in [0.25, 0.3) is 0 Å². The van der Waals surface area contributed by atoms with E-state index in [1.807, 2.05) is 0 Å². The predicted octanol–water partition coefficient (Wildman–Crippen LogP) is 0.527. The molecule has 0 aromatic carbocycles. The summed E-state index contributed by atoms with van der Waals surface area (Å²) >= 11 is 0. The van der Waals surface area contributed by atoms with Crippen molar-refractivity contribution >= 4 is 0 Å². The van der Waals surface area contributed by atoms with Gasteiger partial charge >= 0.3 is 6.18 Å². The highest BCUT2D eigenvalue weighted by Gasteiger charge is 2.32. The highest BCUT2D eigenvalue weighted by molar-refractivity contribution is 4.78. The number of rotatable bonds is 7. The van der Waals surface area contributed by atoms with Crippen LogP contribution in [0.15, 0.2) is 0 Å². The van der Waals surface area contributed by atoms with Gasteiger partial charge in [-0.2, -0.15) is 13.2 Å². The fraction of sp³-hybridized carbons (Fsp3) is 1.00. The van der Waals surface area contributed by atoms with E-state index in [-0.39, 0.29) is 12.6 Å². The highest BCUT2D eigenvalue weighted by atomic mass is 19.4. The van der Waals surface area contributed by atoms with Gasteiger partial charge < -0.3 is 10.4 Å². The smallest absolute Gasteiger partial charge is 0.395 e. The second kappa shape index (κ2) is 8.04. The van der Waals surface area contributed by atoms with Crippen LogP contribution >= 0.6 is 0 Å². The first-order valence-electron chi connectivity index (χ1n) is 6.80. The van der Waals surface area contributed by atoms with Gasteiger partial charge in [-0.3, -0.25) is 9.80 Å². The minimum atomic E-state index is -4.11. The third kappa shape index (κ3) is 7.10. The molecule has 1 unspecified atom stereocenters. The molecule has 1 rings (SSSR count). The van der Waals surface area contributed by atoms with E-state index in [2.05, 4.69) is 17.1 Å². The largest absolute Gasteiger partial charge is 0.401 e. The highest BCUT2D eigenvalue weighted by Crippen LogP contribution is 2.17. The Bertz CT molecular complexity index is 243. The van der Waals surface area contributed by atoms with E-state index < -0.39 is 12.7 Å². The number of piperazine rings is 1. The quantitative estimate of drug-likeness (QED) is 0.715. The van der Waals surface area contributed by atoms with E-state index in [1.54, 1.807) is 0 Å². The first kappa shape index (κ1) is 16.7. The van der Waals surface area contributed by atoms with Crippen LogP contribution in [0.5, 0.6) is 0 Å². The van der Waals surface area contributed by atoms with E-state index in [0.29, 0.717) is 32.7 Å². The number of alkyl halides is 3. The summed E-state index contributed by atoms with van der Waals surface area (Å²) in [6.45, 7) is 4.95. The van der Waals surface area contributed by atoms with E-state index in [4.69, 9.17) is 0 Å². The lowest BCUT2D eigenvalue weighted by Crippen LogP contribution is -2.53. The van der Waals surface area contributed by atoms with Gasteiger partial charge in [0.15, 0.2) is 0 Å². The number of hydrogen-bond acceptors (Lipinski definition) is 4. The zero-order chi connectivity index (χ0) is 14.3. The zero-order valence-electron chi connectivity index (χ0n) is 11.4. The Morgan fingerprint density at radius 1 is 1.16 bits per heavy atom. The Morgan fingerprint density at radius 2 is 1.74 bits per heavy atom. The Hall–Kier alpha value is -0.370. The fourth-order valence-corrected chi connectivity index (χ4v) is 2.23. The van der Waals surface area contributed by atoms with Crippen molar-refractivity contribution in [1.82, 2.24) is 15.1 Å². The van der Waals surface area contributed by atoms with Crippen molar-refractivity contribution in [3.8, 4) is 0 Å². The summed E-state index contributed by atoms with van der Waals surface area (Å²) in [6.07, 6.45) is -3.12. The third-order valence-corrected chi connectivity index (χ3v) is 3.25. The summed E-state index contributed by atoms with van der Waals surface area (Å²) in [5.74, 6) is 0. The average molecular weight is 283 g/mol. The lowest BCUT2D eigenvalue weighted by atomic mass is 10.2. The van der Waals surface area contributed by atoms with Gasteiger partial charge in [-0.15, -0.1) is 0 Å². The maximum absolute atomic E-state index is 12.2. The molecule has 0 spiro atoms. The molecule has 0 amide bonds. The molecule has 4 nitrogen and oxygen atoms in total. The molecule has 1 saturated heterocycles. The normalized spacial score (nSPS) is 20.7. The summed E-state index contributed by atoms with van der Waals surface area (Å²) in [4.78, 5) is 3.54. The van der Waals surface area contributed by atoms with Crippen molar-refractivity contribution in [2.24, 2.45) is 0 Å². The van der Waals surface area contributed by atoms with Crippen LogP contribution < -0.4 is 5.32 Å². The van der Waals surface area contributed by atoms with Crippen LogP contribution in [0.4, 0.5) is 13.2 Å². The second-order valence-corrected chi connectivity index (χ2v) is 5.03. The molecule has 0 radical (unpaired) electrons. The van der Waals surface area contributed by atoms with Crippen LogP contribution in [0, 0.1) is 0 Å². The van der Waals surface area contributed by atoms with Crippen molar-refractivity contribution in [3.63, 3.8) is 0 Å². The number of nitrogens with zero attached hydrogens (tertiary/aromatic N) is 2. The van der Waals surface area contributed by atoms with Crippen molar-refractivity contribution < 1.29 is 18.3 Å². The van der Waals surface area contributed by atoms with E-state index in [1.165, 1.54) is 4.90 Å². The monoisotopic (exact) mass is 283 g/mol. The van der Waals surface area contributed by atoms with Crippen LogP contribution in [-0.2, 0) is 0 Å². The second-order valence-electron chi connectivity index (χ2n) is 5.03. The minimum Gasteiger partial charge on any atom is -0.395 e. The summed E-state index contributed by atoms with van der Waals surface area (Å²) < 4.78 is 36.7. The zero-order valence-corrected chi connectivity index (χ0v) is 11.4. The molecule has 1 heterocycles. The molecule has 1 fully saturated rings. The van der Waals surface area contributed by atoms with Gasteiger partial charge in [-0.05, 0) is 13.0 Å². The molecule has 0 aromatic rings. The molecular weight excluding hydrogens is 259 g/mol. The number of halogens is 3. The van der Waals surface area contributed by atoms with Gasteiger partial charge in [0.05, 0.1) is 13.2 Å². The van der Waals surface area contributed by atoms with Crippen molar-refractivity contribution in [3.05, 3.63) is 0 Å². The third-order valence-electron chi connectivity index (χ3n) is 3.25. The molecule has 19 heavy (non-hydrogen) atoms. The maximum atomic E-state index is 12.2. The summed E-state index contributed by atoms with van der Waals surface area (Å²) in [6, 6.07) is 0.00844. The molecule has 0 bridgehead atoms. The van der Waals surface area contributed by atoms with Gasteiger partial charge in [-0.25, -0.2) is 0 Å². The molecule has 1 aliphatic heterocycles. The number of aliphatic hydroxyl groups is 1. The van der Waals surface area contributed by atoms with E-state index in [0.717, 1.165) is 13.0 Å². The Labute approximate surface area is 112 Å². The van der Waals surface area contributed by atoms with E-state index >= 15 is 0 Å². The summed E-state index contributed by atoms with van der Waals surface area (Å²) in [5.41, 5.74) is 0. The van der Waals surface area contributed by atoms with E-state index in [9.17, 15) is 18.3 Å². The van der Waals surface area contributed by atoms with Gasteiger partial charge in [0.1, 0.15) is 0 Å². The molecule has 7 heteroatoms. The van der Waals surface area contributed by atoms with Crippen molar-refractivity contribution in [2.45, 2.75) is 25.6 Å². The fourth-order valence-electron chi connectivity index (χ4n) is 2.23. The van der Waals surface area contributed by atoms with Crippen LogP contribution in [0.3, 0.4) is 0 Å². The molecule has 0 saturated carbocycles. The standard InChI is InChI=1S/C12H24F3N3O/c1-2-3-16-11(9-19)8-17-4-6-18(7-5-17)10-12(13,14)15/h11,16,19H,2-10H2,1H3. The Kier molecular flexibility index (Phi) is 7.06. The van der Waals surface area contributed by atoms with Crippen LogP contribution in [0.2, 0.25) is 0 Å². The molecule has 1 aliphatic rings. The van der Waals surface area contributed by atoms with Crippen molar-refractivity contribution in [2.75, 3.05) is 52.4 Å².